The van der Waals surface area contributed by atoms with Crippen LogP contribution in [-0.4, -0.2) is 28.4 Å². The Morgan fingerprint density at radius 1 is 1.13 bits per heavy atom. The molecule has 2 atom stereocenters. The fourth-order valence-corrected chi connectivity index (χ4v) is 3.01. The first-order chi connectivity index (χ1) is 11.0. The first-order valence-corrected chi connectivity index (χ1v) is 7.46. The van der Waals surface area contributed by atoms with Gasteiger partial charge in [0, 0.05) is 5.02 Å². The maximum absolute atomic E-state index is 14.1. The molecule has 120 valence electrons. The second-order valence-corrected chi connectivity index (χ2v) is 5.83. The average molecular weight is 338 g/mol. The summed E-state index contributed by atoms with van der Waals surface area (Å²) in [4.78, 5) is 13.0. The summed E-state index contributed by atoms with van der Waals surface area (Å²) in [7, 11) is 0. The quantitative estimate of drug-likeness (QED) is 0.866. The van der Waals surface area contributed by atoms with Crippen LogP contribution in [0.2, 0.25) is 5.02 Å². The molecule has 1 amide bonds. The van der Waals surface area contributed by atoms with Gasteiger partial charge in [-0.15, -0.1) is 0 Å². The smallest absolute Gasteiger partial charge is 0.348 e. The van der Waals surface area contributed by atoms with Gasteiger partial charge in [-0.3, -0.25) is 4.79 Å². The minimum atomic E-state index is -3.49. The number of benzene rings is 2. The van der Waals surface area contributed by atoms with Gasteiger partial charge in [-0.05, 0) is 23.3 Å². The number of aliphatic hydroxyl groups excluding tert-OH is 1. The van der Waals surface area contributed by atoms with Crippen molar-refractivity contribution in [1.82, 2.24) is 4.90 Å². The van der Waals surface area contributed by atoms with Gasteiger partial charge >= 0.3 is 5.92 Å². The molecule has 3 rings (SSSR count). The minimum absolute atomic E-state index is 0.286. The van der Waals surface area contributed by atoms with Crippen molar-refractivity contribution in [3.05, 3.63) is 70.7 Å². The SMILES string of the molecule is O=C1N([C@@H](CO)c2ccccc2)[C@@H](c2ccc(Cl)cc2)C1(F)F. The third-order valence-electron chi connectivity index (χ3n) is 4.02. The van der Waals surface area contributed by atoms with Crippen LogP contribution in [-0.2, 0) is 4.79 Å². The molecule has 0 aliphatic carbocycles. The molecule has 2 aromatic rings. The van der Waals surface area contributed by atoms with Gasteiger partial charge in [-0.2, -0.15) is 8.78 Å². The monoisotopic (exact) mass is 337 g/mol. The zero-order valence-corrected chi connectivity index (χ0v) is 12.8. The molecule has 1 heterocycles. The van der Waals surface area contributed by atoms with Crippen LogP contribution in [0.3, 0.4) is 0 Å². The van der Waals surface area contributed by atoms with E-state index in [1.54, 1.807) is 30.3 Å². The van der Waals surface area contributed by atoms with Gasteiger partial charge in [0.25, 0.3) is 5.91 Å². The van der Waals surface area contributed by atoms with Crippen LogP contribution < -0.4 is 0 Å². The predicted molar refractivity (Wildman–Crippen MR) is 82.3 cm³/mol. The number of β-lactam (4-membered cyclic amide) rings is 1. The van der Waals surface area contributed by atoms with E-state index in [2.05, 4.69) is 0 Å². The van der Waals surface area contributed by atoms with Gasteiger partial charge < -0.3 is 10.0 Å². The van der Waals surface area contributed by atoms with E-state index in [1.165, 1.54) is 24.3 Å². The second-order valence-electron chi connectivity index (χ2n) is 5.40. The van der Waals surface area contributed by atoms with E-state index in [9.17, 15) is 18.7 Å². The number of alkyl halides is 2. The normalized spacial score (nSPS) is 21.0. The highest BCUT2D eigenvalue weighted by atomic mass is 35.5. The van der Waals surface area contributed by atoms with Crippen LogP contribution in [0.15, 0.2) is 54.6 Å². The topological polar surface area (TPSA) is 40.5 Å². The highest BCUT2D eigenvalue weighted by Crippen LogP contribution is 2.51. The molecule has 6 heteroatoms. The van der Waals surface area contributed by atoms with E-state index in [1.807, 2.05) is 0 Å². The van der Waals surface area contributed by atoms with E-state index >= 15 is 0 Å². The van der Waals surface area contributed by atoms with E-state index in [-0.39, 0.29) is 5.56 Å². The third kappa shape index (κ3) is 2.60. The number of amides is 1. The Kier molecular flexibility index (Phi) is 4.08. The molecule has 1 aliphatic heterocycles. The Bertz CT molecular complexity index is 706. The Labute approximate surface area is 137 Å². The summed E-state index contributed by atoms with van der Waals surface area (Å²) in [6.45, 7) is -0.435. The van der Waals surface area contributed by atoms with Gasteiger partial charge in [0.2, 0.25) is 0 Å². The lowest BCUT2D eigenvalue weighted by molar-refractivity contribution is -0.215. The summed E-state index contributed by atoms with van der Waals surface area (Å²) in [5, 5.41) is 10.1. The number of hydrogen-bond donors (Lipinski definition) is 1. The number of carbonyl (C=O) groups is 1. The lowest BCUT2D eigenvalue weighted by Crippen LogP contribution is -2.64. The fraction of sp³-hybridized carbons (Fsp3) is 0.235. The molecule has 0 bridgehead atoms. The molecular formula is C17H14ClF2NO2. The molecule has 1 fully saturated rings. The van der Waals surface area contributed by atoms with E-state index in [0.29, 0.717) is 10.6 Å². The number of aliphatic hydroxyl groups is 1. The molecular weight excluding hydrogens is 324 g/mol. The Hall–Kier alpha value is -1.98. The van der Waals surface area contributed by atoms with E-state index in [4.69, 9.17) is 11.6 Å². The van der Waals surface area contributed by atoms with Crippen molar-refractivity contribution < 1.29 is 18.7 Å². The van der Waals surface area contributed by atoms with Crippen LogP contribution in [0, 0.1) is 0 Å². The molecule has 0 saturated carbocycles. The number of hydrogen-bond acceptors (Lipinski definition) is 2. The van der Waals surface area contributed by atoms with Crippen LogP contribution in [0.25, 0.3) is 0 Å². The average Bonchev–Trinajstić information content (AvgIpc) is 2.56. The summed E-state index contributed by atoms with van der Waals surface area (Å²) in [6.07, 6.45) is 0. The highest BCUT2D eigenvalue weighted by molar-refractivity contribution is 6.30. The minimum Gasteiger partial charge on any atom is -0.394 e. The van der Waals surface area contributed by atoms with Gasteiger partial charge in [0.15, 0.2) is 0 Å². The standard InChI is InChI=1S/C17H14ClF2NO2/c18-13-8-6-12(7-9-13)15-17(19,20)16(23)21(15)14(10-22)11-4-2-1-3-5-11/h1-9,14-15,22H,10H2/t14-,15-/m0/s1. The second kappa shape index (κ2) is 5.91. The van der Waals surface area contributed by atoms with E-state index < -0.39 is 30.5 Å². The van der Waals surface area contributed by atoms with Crippen molar-refractivity contribution in [3.63, 3.8) is 0 Å². The maximum Gasteiger partial charge on any atom is 0.348 e. The summed E-state index contributed by atoms with van der Waals surface area (Å²) >= 11 is 5.79. The first-order valence-electron chi connectivity index (χ1n) is 7.08. The molecule has 0 unspecified atom stereocenters. The number of nitrogens with zero attached hydrogens (tertiary/aromatic N) is 1. The van der Waals surface area contributed by atoms with E-state index in [0.717, 1.165) is 4.90 Å². The van der Waals surface area contributed by atoms with Crippen molar-refractivity contribution in [2.24, 2.45) is 0 Å². The first kappa shape index (κ1) is 15.9. The lowest BCUT2D eigenvalue weighted by Gasteiger charge is -2.50. The van der Waals surface area contributed by atoms with Gasteiger partial charge in [0.05, 0.1) is 12.6 Å². The highest BCUT2D eigenvalue weighted by Gasteiger charge is 2.65. The Morgan fingerprint density at radius 2 is 1.74 bits per heavy atom. The molecule has 1 N–H and O–H groups in total. The maximum atomic E-state index is 14.1. The number of rotatable bonds is 4. The summed E-state index contributed by atoms with van der Waals surface area (Å²) in [5.41, 5.74) is 0.895. The molecule has 3 nitrogen and oxygen atoms in total. The van der Waals surface area contributed by atoms with Crippen molar-refractivity contribution in [2.45, 2.75) is 18.0 Å². The molecule has 0 spiro atoms. The van der Waals surface area contributed by atoms with Crippen molar-refractivity contribution in [1.29, 1.82) is 0 Å². The van der Waals surface area contributed by atoms with Crippen LogP contribution in [0.1, 0.15) is 23.2 Å². The van der Waals surface area contributed by atoms with Gasteiger partial charge in [0.1, 0.15) is 6.04 Å². The number of carbonyl (C=O) groups excluding carboxylic acids is 1. The molecule has 0 radical (unpaired) electrons. The predicted octanol–water partition coefficient (Wildman–Crippen LogP) is 3.59. The third-order valence-corrected chi connectivity index (χ3v) is 4.27. The van der Waals surface area contributed by atoms with Crippen LogP contribution in [0.4, 0.5) is 8.78 Å². The molecule has 1 aliphatic rings. The van der Waals surface area contributed by atoms with Gasteiger partial charge in [-0.25, -0.2) is 0 Å². The van der Waals surface area contributed by atoms with Crippen molar-refractivity contribution in [2.75, 3.05) is 6.61 Å². The lowest BCUT2D eigenvalue weighted by atomic mass is 9.86. The van der Waals surface area contributed by atoms with Crippen molar-refractivity contribution >= 4 is 17.5 Å². The summed E-state index contributed by atoms with van der Waals surface area (Å²) in [5.74, 6) is -4.77. The van der Waals surface area contributed by atoms with Crippen LogP contribution in [0.5, 0.6) is 0 Å². The zero-order chi connectivity index (χ0) is 16.6. The Morgan fingerprint density at radius 3 is 2.30 bits per heavy atom. The number of halogens is 3. The molecule has 1 saturated heterocycles. The molecule has 23 heavy (non-hydrogen) atoms. The fourth-order valence-electron chi connectivity index (χ4n) is 2.88. The Balaban J connectivity index is 1.99. The number of likely N-dealkylation sites (tertiary alicyclic amines) is 1. The van der Waals surface area contributed by atoms with Crippen LogP contribution >= 0.6 is 11.6 Å². The zero-order valence-electron chi connectivity index (χ0n) is 12.0. The largest absolute Gasteiger partial charge is 0.394 e. The summed E-state index contributed by atoms with van der Waals surface area (Å²) < 4.78 is 28.3. The molecule has 2 aromatic carbocycles. The van der Waals surface area contributed by atoms with Gasteiger partial charge in [-0.1, -0.05) is 54.1 Å². The van der Waals surface area contributed by atoms with Crippen molar-refractivity contribution in [3.8, 4) is 0 Å². The molecule has 0 aromatic heterocycles. The summed E-state index contributed by atoms with van der Waals surface area (Å²) in [6, 6.07) is 12.4.